The van der Waals surface area contributed by atoms with Gasteiger partial charge in [0, 0.05) is 5.02 Å². The smallest absolute Gasteiger partial charge is 0.143 e. The third-order valence-electron chi connectivity index (χ3n) is 1.78. The Kier molecular flexibility index (Phi) is 4.08. The molecule has 0 spiro atoms. The molecule has 0 bridgehead atoms. The molecule has 0 saturated heterocycles. The fourth-order valence-corrected chi connectivity index (χ4v) is 1.70. The van der Waals surface area contributed by atoms with Crippen LogP contribution in [0.1, 0.15) is 12.5 Å². The molecular formula is C10H9BrClFO. The first-order valence-electron chi connectivity index (χ1n) is 4.08. The Hall–Kier alpha value is -0.410. The highest BCUT2D eigenvalue weighted by atomic mass is 79.9. The lowest BCUT2D eigenvalue weighted by Crippen LogP contribution is -2.12. The van der Waals surface area contributed by atoms with Gasteiger partial charge in [0.2, 0.25) is 0 Å². The van der Waals surface area contributed by atoms with Crippen LogP contribution < -0.4 is 0 Å². The van der Waals surface area contributed by atoms with Crippen LogP contribution in [0, 0.1) is 5.82 Å². The Morgan fingerprint density at radius 2 is 2.21 bits per heavy atom. The maximum Gasteiger partial charge on any atom is 0.143 e. The van der Waals surface area contributed by atoms with Crippen molar-refractivity contribution in [3.8, 4) is 0 Å². The molecule has 14 heavy (non-hydrogen) atoms. The zero-order valence-electron chi connectivity index (χ0n) is 7.56. The van der Waals surface area contributed by atoms with Crippen LogP contribution in [0.3, 0.4) is 0 Å². The summed E-state index contributed by atoms with van der Waals surface area (Å²) < 4.78 is 12.9. The van der Waals surface area contributed by atoms with Crippen molar-refractivity contribution in [2.75, 3.05) is 0 Å². The van der Waals surface area contributed by atoms with Gasteiger partial charge in [-0.1, -0.05) is 27.5 Å². The number of alkyl halides is 1. The first-order valence-corrected chi connectivity index (χ1v) is 5.38. The predicted molar refractivity (Wildman–Crippen MR) is 58.5 cm³/mol. The molecular weight excluding hydrogens is 270 g/mol. The lowest BCUT2D eigenvalue weighted by atomic mass is 10.1. The average Bonchev–Trinajstić information content (AvgIpc) is 2.01. The molecule has 0 aliphatic carbocycles. The summed E-state index contributed by atoms with van der Waals surface area (Å²) in [7, 11) is 0. The van der Waals surface area contributed by atoms with Crippen LogP contribution >= 0.6 is 27.5 Å². The topological polar surface area (TPSA) is 17.1 Å². The van der Waals surface area contributed by atoms with Crippen LogP contribution in [-0.4, -0.2) is 10.6 Å². The van der Waals surface area contributed by atoms with Gasteiger partial charge in [0.05, 0.1) is 4.83 Å². The van der Waals surface area contributed by atoms with Crippen LogP contribution in [0.4, 0.5) is 4.39 Å². The maximum atomic E-state index is 12.9. The van der Waals surface area contributed by atoms with Crippen LogP contribution in [0.5, 0.6) is 0 Å². The Morgan fingerprint density at radius 1 is 1.57 bits per heavy atom. The number of hydrogen-bond acceptors (Lipinski definition) is 1. The van der Waals surface area contributed by atoms with Crippen molar-refractivity contribution in [3.05, 3.63) is 34.6 Å². The Balaban J connectivity index is 2.81. The second kappa shape index (κ2) is 4.89. The molecule has 0 amide bonds. The summed E-state index contributed by atoms with van der Waals surface area (Å²) in [4.78, 5) is 10.7. The van der Waals surface area contributed by atoms with Gasteiger partial charge in [-0.15, -0.1) is 0 Å². The normalized spacial score (nSPS) is 12.6. The molecule has 0 aliphatic rings. The molecule has 0 aliphatic heterocycles. The molecule has 0 fully saturated rings. The minimum Gasteiger partial charge on any atom is -0.299 e. The second-order valence-electron chi connectivity index (χ2n) is 3.06. The van der Waals surface area contributed by atoms with E-state index >= 15 is 0 Å². The van der Waals surface area contributed by atoms with E-state index in [4.69, 9.17) is 11.6 Å². The van der Waals surface area contributed by atoms with E-state index in [0.29, 0.717) is 17.0 Å². The molecule has 1 aromatic carbocycles. The van der Waals surface area contributed by atoms with Crippen LogP contribution in [0.15, 0.2) is 18.2 Å². The number of benzene rings is 1. The molecule has 1 nitrogen and oxygen atoms in total. The number of hydrogen-bond donors (Lipinski definition) is 0. The number of Topliss-reactive ketones (excluding diaryl/α,β-unsaturated/α-hetero) is 1. The summed E-state index contributed by atoms with van der Waals surface area (Å²) in [6.45, 7) is 1.49. The van der Waals surface area contributed by atoms with Gasteiger partial charge in [-0.2, -0.15) is 0 Å². The van der Waals surface area contributed by atoms with E-state index in [1.54, 1.807) is 6.07 Å². The zero-order chi connectivity index (χ0) is 10.7. The maximum absolute atomic E-state index is 12.9. The van der Waals surface area contributed by atoms with Crippen molar-refractivity contribution in [2.24, 2.45) is 0 Å². The van der Waals surface area contributed by atoms with Crippen molar-refractivity contribution >= 4 is 33.3 Å². The van der Waals surface area contributed by atoms with Gasteiger partial charge in [-0.3, -0.25) is 4.79 Å². The molecule has 1 rings (SSSR count). The van der Waals surface area contributed by atoms with Gasteiger partial charge in [-0.05, 0) is 37.1 Å². The van der Waals surface area contributed by atoms with Gasteiger partial charge >= 0.3 is 0 Å². The highest BCUT2D eigenvalue weighted by Crippen LogP contribution is 2.17. The third-order valence-corrected chi connectivity index (χ3v) is 2.97. The first-order chi connectivity index (χ1) is 6.49. The van der Waals surface area contributed by atoms with E-state index in [-0.39, 0.29) is 16.4 Å². The van der Waals surface area contributed by atoms with Crippen LogP contribution in [0.2, 0.25) is 5.02 Å². The van der Waals surface area contributed by atoms with E-state index in [2.05, 4.69) is 15.9 Å². The number of carbonyl (C=O) groups excluding carboxylic acids is 1. The Morgan fingerprint density at radius 3 is 2.71 bits per heavy atom. The molecule has 76 valence electrons. The fourth-order valence-electron chi connectivity index (χ4n) is 1.08. The average molecular weight is 280 g/mol. The molecule has 0 heterocycles. The van der Waals surface area contributed by atoms with Crippen molar-refractivity contribution in [3.63, 3.8) is 0 Å². The van der Waals surface area contributed by atoms with E-state index in [1.807, 2.05) is 0 Å². The molecule has 1 atom stereocenters. The molecule has 1 unspecified atom stereocenters. The minimum atomic E-state index is -0.379. The molecule has 0 aromatic heterocycles. The highest BCUT2D eigenvalue weighted by molar-refractivity contribution is 9.10. The van der Waals surface area contributed by atoms with Gasteiger partial charge in [0.15, 0.2) is 0 Å². The fraction of sp³-hybridized carbons (Fsp3) is 0.300. The Bertz CT molecular complexity index is 334. The van der Waals surface area contributed by atoms with E-state index in [1.165, 1.54) is 19.1 Å². The van der Waals surface area contributed by atoms with E-state index < -0.39 is 0 Å². The monoisotopic (exact) mass is 278 g/mol. The van der Waals surface area contributed by atoms with Crippen LogP contribution in [-0.2, 0) is 11.2 Å². The molecule has 1 aromatic rings. The number of carbonyl (C=O) groups is 1. The minimum absolute atomic E-state index is 0.0189. The van der Waals surface area contributed by atoms with Crippen molar-refractivity contribution in [1.29, 1.82) is 0 Å². The summed E-state index contributed by atoms with van der Waals surface area (Å²) in [5.74, 6) is -0.360. The summed E-state index contributed by atoms with van der Waals surface area (Å²) in [5.41, 5.74) is 0.715. The van der Waals surface area contributed by atoms with Crippen molar-refractivity contribution in [1.82, 2.24) is 0 Å². The van der Waals surface area contributed by atoms with Crippen molar-refractivity contribution in [2.45, 2.75) is 18.2 Å². The standard InChI is InChI=1S/C10H9BrClFO/c1-6(14)10(11)4-7-2-8(12)5-9(13)3-7/h2-3,5,10H,4H2,1H3. The molecule has 0 saturated carbocycles. The van der Waals surface area contributed by atoms with Crippen molar-refractivity contribution < 1.29 is 9.18 Å². The molecule has 0 N–H and O–H groups in total. The van der Waals surface area contributed by atoms with Gasteiger partial charge in [0.25, 0.3) is 0 Å². The lowest BCUT2D eigenvalue weighted by molar-refractivity contribution is -0.116. The molecule has 0 radical (unpaired) electrons. The van der Waals surface area contributed by atoms with Gasteiger partial charge in [0.1, 0.15) is 11.6 Å². The third kappa shape index (κ3) is 3.39. The summed E-state index contributed by atoms with van der Waals surface area (Å²) in [6, 6.07) is 4.27. The quantitative estimate of drug-likeness (QED) is 0.775. The summed E-state index contributed by atoms with van der Waals surface area (Å²) in [6.07, 6.45) is 0.451. The lowest BCUT2D eigenvalue weighted by Gasteiger charge is -2.06. The highest BCUT2D eigenvalue weighted by Gasteiger charge is 2.11. The second-order valence-corrected chi connectivity index (χ2v) is 4.60. The van der Waals surface area contributed by atoms with Gasteiger partial charge < -0.3 is 0 Å². The summed E-state index contributed by atoms with van der Waals surface area (Å²) in [5, 5.41) is 0.350. The SMILES string of the molecule is CC(=O)C(Br)Cc1cc(F)cc(Cl)c1. The number of ketones is 1. The largest absolute Gasteiger partial charge is 0.299 e. The zero-order valence-corrected chi connectivity index (χ0v) is 9.90. The summed E-state index contributed by atoms with van der Waals surface area (Å²) >= 11 is 8.89. The Labute approximate surface area is 95.4 Å². The molecule has 4 heteroatoms. The first kappa shape index (κ1) is 11.7. The van der Waals surface area contributed by atoms with E-state index in [0.717, 1.165) is 0 Å². The van der Waals surface area contributed by atoms with E-state index in [9.17, 15) is 9.18 Å². The van der Waals surface area contributed by atoms with Crippen LogP contribution in [0.25, 0.3) is 0 Å². The number of halogens is 3. The van der Waals surface area contributed by atoms with Gasteiger partial charge in [-0.25, -0.2) is 4.39 Å². The predicted octanol–water partition coefficient (Wildman–Crippen LogP) is 3.37. The number of rotatable bonds is 3.